The summed E-state index contributed by atoms with van der Waals surface area (Å²) in [5, 5.41) is 11.6. The second-order valence-electron chi connectivity index (χ2n) is 4.56. The molecule has 3 N–H and O–H groups in total. The Morgan fingerprint density at radius 1 is 1.26 bits per heavy atom. The van der Waals surface area contributed by atoms with E-state index in [0.29, 0.717) is 5.69 Å². The number of benzene rings is 1. The molecule has 2 rings (SSSR count). The van der Waals surface area contributed by atoms with E-state index < -0.39 is 0 Å². The van der Waals surface area contributed by atoms with Gasteiger partial charge >= 0.3 is 0 Å². The molecular weight excluding hydrogens is 240 g/mol. The lowest BCUT2D eigenvalue weighted by Gasteiger charge is -2.15. The van der Waals surface area contributed by atoms with Crippen LogP contribution in [0.15, 0.2) is 29.1 Å². The highest BCUT2D eigenvalue weighted by Crippen LogP contribution is 2.18. The quantitative estimate of drug-likeness (QED) is 0.630. The van der Waals surface area contributed by atoms with E-state index in [4.69, 9.17) is 11.1 Å². The van der Waals surface area contributed by atoms with Gasteiger partial charge in [-0.1, -0.05) is 18.2 Å². The Morgan fingerprint density at radius 3 is 2.37 bits per heavy atom. The van der Waals surface area contributed by atoms with Crippen LogP contribution in [0, 0.1) is 26.2 Å². The lowest BCUT2D eigenvalue weighted by Crippen LogP contribution is -2.27. The van der Waals surface area contributed by atoms with Crippen molar-refractivity contribution >= 4 is 5.84 Å². The lowest BCUT2D eigenvalue weighted by atomic mass is 10.1. The van der Waals surface area contributed by atoms with Gasteiger partial charge in [0.15, 0.2) is 5.69 Å². The van der Waals surface area contributed by atoms with Crippen LogP contribution in [-0.2, 0) is 0 Å². The molecule has 0 fully saturated rings. The summed E-state index contributed by atoms with van der Waals surface area (Å²) in [6.07, 6.45) is 0. The molecule has 1 aromatic carbocycles. The molecule has 5 heteroatoms. The standard InChI is InChI=1S/C14H16N4O/c1-8-5-4-6-9(2)13(8)18-10(3)7-11(19)12(17-18)14(15)16/h4-7H,1-3H3,(H3,15,16). The van der Waals surface area contributed by atoms with Gasteiger partial charge in [-0.15, -0.1) is 0 Å². The Kier molecular flexibility index (Phi) is 3.21. The minimum Gasteiger partial charge on any atom is -0.382 e. The average molecular weight is 256 g/mol. The van der Waals surface area contributed by atoms with Gasteiger partial charge in [-0.25, -0.2) is 4.68 Å². The third-order valence-electron chi connectivity index (χ3n) is 3.01. The number of aromatic nitrogens is 2. The summed E-state index contributed by atoms with van der Waals surface area (Å²) in [4.78, 5) is 11.7. The maximum absolute atomic E-state index is 11.7. The van der Waals surface area contributed by atoms with Gasteiger partial charge in [0.05, 0.1) is 5.69 Å². The number of aryl methyl sites for hydroxylation is 3. The molecule has 0 aliphatic heterocycles. The van der Waals surface area contributed by atoms with Crippen LogP contribution in [0.5, 0.6) is 0 Å². The minimum absolute atomic E-state index is 0.0201. The highest BCUT2D eigenvalue weighted by atomic mass is 16.1. The fourth-order valence-corrected chi connectivity index (χ4v) is 2.10. The zero-order valence-corrected chi connectivity index (χ0v) is 11.2. The van der Waals surface area contributed by atoms with Crippen molar-refractivity contribution in [3.63, 3.8) is 0 Å². The molecule has 1 aromatic heterocycles. The van der Waals surface area contributed by atoms with E-state index in [2.05, 4.69) is 5.10 Å². The summed E-state index contributed by atoms with van der Waals surface area (Å²) in [6, 6.07) is 7.39. The molecule has 5 nitrogen and oxygen atoms in total. The zero-order valence-electron chi connectivity index (χ0n) is 11.2. The van der Waals surface area contributed by atoms with Gasteiger partial charge in [0.2, 0.25) is 5.43 Å². The van der Waals surface area contributed by atoms with Crippen LogP contribution in [-0.4, -0.2) is 15.6 Å². The Morgan fingerprint density at radius 2 is 1.84 bits per heavy atom. The minimum atomic E-state index is -0.326. The predicted molar refractivity (Wildman–Crippen MR) is 75.1 cm³/mol. The summed E-state index contributed by atoms with van der Waals surface area (Å²) < 4.78 is 1.67. The van der Waals surface area contributed by atoms with Crippen LogP contribution >= 0.6 is 0 Å². The van der Waals surface area contributed by atoms with Gasteiger partial charge in [-0.3, -0.25) is 10.2 Å². The van der Waals surface area contributed by atoms with E-state index in [0.717, 1.165) is 16.8 Å². The number of para-hydroxylation sites is 1. The van der Waals surface area contributed by atoms with Crippen molar-refractivity contribution in [2.45, 2.75) is 20.8 Å². The molecule has 0 aliphatic carbocycles. The molecule has 0 unspecified atom stereocenters. The van der Waals surface area contributed by atoms with Crippen LogP contribution < -0.4 is 11.2 Å². The summed E-state index contributed by atoms with van der Waals surface area (Å²) in [5.41, 5.74) is 8.78. The summed E-state index contributed by atoms with van der Waals surface area (Å²) in [6.45, 7) is 5.77. The van der Waals surface area contributed by atoms with Crippen molar-refractivity contribution in [3.05, 3.63) is 57.0 Å². The second kappa shape index (κ2) is 4.68. The van der Waals surface area contributed by atoms with Crippen molar-refractivity contribution in [2.75, 3.05) is 0 Å². The lowest BCUT2D eigenvalue weighted by molar-refractivity contribution is 0.781. The molecule has 0 atom stereocenters. The van der Waals surface area contributed by atoms with Crippen molar-refractivity contribution in [2.24, 2.45) is 5.73 Å². The average Bonchev–Trinajstić information content (AvgIpc) is 2.30. The van der Waals surface area contributed by atoms with Crippen LogP contribution in [0.1, 0.15) is 22.5 Å². The van der Waals surface area contributed by atoms with Crippen LogP contribution in [0.3, 0.4) is 0 Å². The van der Waals surface area contributed by atoms with Gasteiger partial charge in [-0.05, 0) is 31.9 Å². The number of hydrogen-bond donors (Lipinski definition) is 2. The zero-order chi connectivity index (χ0) is 14.2. The fourth-order valence-electron chi connectivity index (χ4n) is 2.10. The predicted octanol–water partition coefficient (Wildman–Crippen LogP) is 1.44. The number of nitrogens with one attached hydrogen (secondary N) is 1. The van der Waals surface area contributed by atoms with E-state index in [9.17, 15) is 4.79 Å². The number of nitrogens with zero attached hydrogens (tertiary/aromatic N) is 2. The molecule has 0 amide bonds. The maximum atomic E-state index is 11.7. The third-order valence-corrected chi connectivity index (χ3v) is 3.01. The molecule has 19 heavy (non-hydrogen) atoms. The first-order chi connectivity index (χ1) is 8.91. The van der Waals surface area contributed by atoms with E-state index in [1.165, 1.54) is 6.07 Å². The molecule has 0 bridgehead atoms. The number of nitrogens with two attached hydrogens (primary N) is 1. The summed E-state index contributed by atoms with van der Waals surface area (Å²) >= 11 is 0. The molecule has 0 spiro atoms. The van der Waals surface area contributed by atoms with Gasteiger partial charge < -0.3 is 5.73 Å². The van der Waals surface area contributed by atoms with E-state index >= 15 is 0 Å². The van der Waals surface area contributed by atoms with Crippen molar-refractivity contribution in [1.82, 2.24) is 9.78 Å². The molecule has 2 aromatic rings. The Balaban J connectivity index is 2.80. The first kappa shape index (κ1) is 13.0. The second-order valence-corrected chi connectivity index (χ2v) is 4.56. The van der Waals surface area contributed by atoms with E-state index in [1.54, 1.807) is 4.68 Å². The SMILES string of the molecule is Cc1cccc(C)c1-n1nc(C(=N)N)c(=O)cc1C. The largest absolute Gasteiger partial charge is 0.382 e. The Labute approximate surface area is 111 Å². The smallest absolute Gasteiger partial charge is 0.211 e. The van der Waals surface area contributed by atoms with Crippen molar-refractivity contribution in [3.8, 4) is 5.69 Å². The number of rotatable bonds is 2. The molecule has 0 saturated heterocycles. The first-order valence-electron chi connectivity index (χ1n) is 5.93. The summed E-state index contributed by atoms with van der Waals surface area (Å²) in [7, 11) is 0. The molecule has 98 valence electrons. The van der Waals surface area contributed by atoms with Gasteiger partial charge in [0, 0.05) is 11.8 Å². The molecular formula is C14H16N4O. The summed E-state index contributed by atoms with van der Waals surface area (Å²) in [5.74, 6) is -0.315. The van der Waals surface area contributed by atoms with Crippen LogP contribution in [0.25, 0.3) is 5.69 Å². The van der Waals surface area contributed by atoms with Crippen molar-refractivity contribution in [1.29, 1.82) is 5.41 Å². The van der Waals surface area contributed by atoms with Gasteiger partial charge in [-0.2, -0.15) is 5.10 Å². The topological polar surface area (TPSA) is 84.8 Å². The van der Waals surface area contributed by atoms with Crippen molar-refractivity contribution < 1.29 is 0 Å². The Bertz CT molecular complexity index is 696. The monoisotopic (exact) mass is 256 g/mol. The number of amidine groups is 1. The fraction of sp³-hybridized carbons (Fsp3) is 0.214. The third kappa shape index (κ3) is 2.27. The molecule has 0 radical (unpaired) electrons. The van der Waals surface area contributed by atoms with Gasteiger partial charge in [0.1, 0.15) is 5.84 Å². The normalized spacial score (nSPS) is 10.5. The van der Waals surface area contributed by atoms with Crippen LogP contribution in [0.2, 0.25) is 0 Å². The van der Waals surface area contributed by atoms with E-state index in [-0.39, 0.29) is 17.0 Å². The molecule has 1 heterocycles. The highest BCUT2D eigenvalue weighted by molar-refractivity contribution is 5.92. The van der Waals surface area contributed by atoms with E-state index in [1.807, 2.05) is 39.0 Å². The first-order valence-corrected chi connectivity index (χ1v) is 5.93. The van der Waals surface area contributed by atoms with Gasteiger partial charge in [0.25, 0.3) is 0 Å². The molecule has 0 saturated carbocycles. The maximum Gasteiger partial charge on any atom is 0.211 e. The number of hydrogen-bond acceptors (Lipinski definition) is 3. The van der Waals surface area contributed by atoms with Crippen LogP contribution in [0.4, 0.5) is 0 Å². The Hall–Kier alpha value is -2.43. The number of nitrogen functional groups attached to an aromatic ring is 1. The highest BCUT2D eigenvalue weighted by Gasteiger charge is 2.12. The molecule has 0 aliphatic rings.